The summed E-state index contributed by atoms with van der Waals surface area (Å²) >= 11 is 6.46. The van der Waals surface area contributed by atoms with Crippen molar-refractivity contribution >= 4 is 31.2 Å². The van der Waals surface area contributed by atoms with E-state index in [2.05, 4.69) is 135 Å². The van der Waals surface area contributed by atoms with E-state index in [1.165, 1.54) is 11.1 Å². The van der Waals surface area contributed by atoms with Crippen molar-refractivity contribution in [3.63, 3.8) is 0 Å². The van der Waals surface area contributed by atoms with Crippen LogP contribution in [0.25, 0.3) is 0 Å². The van der Waals surface area contributed by atoms with Gasteiger partial charge in [0.15, 0.2) is 0 Å². The van der Waals surface area contributed by atoms with Gasteiger partial charge in [-0.1, -0.05) is 0 Å². The average Bonchev–Trinajstić information content (AvgIpc) is 3.25. The normalized spacial score (nSPS) is 11.0. The first-order valence-corrected chi connectivity index (χ1v) is 11.0. The second kappa shape index (κ2) is 8.93. The zero-order valence-corrected chi connectivity index (χ0v) is 18.9. The molecule has 0 aliphatic rings. The third-order valence-electron chi connectivity index (χ3n) is 4.81. The topological polar surface area (TPSA) is 19.7 Å². The summed E-state index contributed by atoms with van der Waals surface area (Å²) in [6.07, 6.45) is 8.58. The van der Waals surface area contributed by atoms with Crippen molar-refractivity contribution in [2.24, 2.45) is 0 Å². The number of aromatic nitrogens is 4. The molecule has 2 aromatic heterocycles. The van der Waals surface area contributed by atoms with Crippen LogP contribution in [-0.2, 0) is 26.2 Å². The molecule has 0 atom stereocenters. The molecule has 0 N–H and O–H groups in total. The van der Waals surface area contributed by atoms with Gasteiger partial charge in [-0.2, -0.15) is 0 Å². The SMILES string of the molecule is [Se]=c1n(CCn2ccn(Cc3ccccc3)c2=[Se])ccn1Cc1ccccc1. The van der Waals surface area contributed by atoms with Crippen molar-refractivity contribution in [1.29, 1.82) is 0 Å². The minimum absolute atomic E-state index is 0.879. The predicted molar refractivity (Wildman–Crippen MR) is 114 cm³/mol. The first kappa shape index (κ1) is 19.2. The van der Waals surface area contributed by atoms with Gasteiger partial charge in [0.05, 0.1) is 0 Å². The molecule has 2 heterocycles. The van der Waals surface area contributed by atoms with Crippen molar-refractivity contribution in [3.05, 3.63) is 105 Å². The Morgan fingerprint density at radius 2 is 0.857 bits per heavy atom. The summed E-state index contributed by atoms with van der Waals surface area (Å²) < 4.78 is 11.3. The number of hydrogen-bond donors (Lipinski definition) is 0. The van der Waals surface area contributed by atoms with Crippen LogP contribution >= 0.6 is 0 Å². The van der Waals surface area contributed by atoms with E-state index in [4.69, 9.17) is 0 Å². The third-order valence-corrected chi connectivity index (χ3v) is 6.78. The molecule has 0 aliphatic heterocycles. The number of nitrogens with zero attached hydrogens (tertiary/aromatic N) is 4. The number of aryl methyl sites for hydroxylation is 2. The van der Waals surface area contributed by atoms with Crippen molar-refractivity contribution in [2.45, 2.75) is 26.2 Å². The summed E-state index contributed by atoms with van der Waals surface area (Å²) in [5.41, 5.74) is 2.61. The molecule has 0 saturated heterocycles. The molecule has 0 bridgehead atoms. The molecular formula is C22H22N4Se2. The summed E-state index contributed by atoms with van der Waals surface area (Å²) in [6, 6.07) is 21.1. The van der Waals surface area contributed by atoms with Crippen molar-refractivity contribution < 1.29 is 0 Å². The summed E-state index contributed by atoms with van der Waals surface area (Å²) in [4.78, 5) is 0. The second-order valence-electron chi connectivity index (χ2n) is 6.78. The van der Waals surface area contributed by atoms with Gasteiger partial charge in [0.25, 0.3) is 0 Å². The fourth-order valence-corrected chi connectivity index (χ4v) is 4.43. The molecule has 4 rings (SSSR count). The van der Waals surface area contributed by atoms with Gasteiger partial charge in [-0.25, -0.2) is 0 Å². The van der Waals surface area contributed by atoms with Gasteiger partial charge in [0.1, 0.15) is 0 Å². The van der Waals surface area contributed by atoms with Crippen LogP contribution in [-0.4, -0.2) is 49.4 Å². The number of hydrogen-bond acceptors (Lipinski definition) is 0. The van der Waals surface area contributed by atoms with E-state index < -0.39 is 0 Å². The van der Waals surface area contributed by atoms with E-state index in [0.717, 1.165) is 34.8 Å². The van der Waals surface area contributed by atoms with Crippen molar-refractivity contribution in [1.82, 2.24) is 18.3 Å². The first-order chi connectivity index (χ1) is 13.7. The van der Waals surface area contributed by atoms with Gasteiger partial charge in [0, 0.05) is 0 Å². The molecule has 0 radical (unpaired) electrons. The van der Waals surface area contributed by atoms with Crippen LogP contribution in [0.4, 0.5) is 0 Å². The zero-order valence-electron chi connectivity index (χ0n) is 15.5. The number of imidazole rings is 2. The molecule has 2 aromatic carbocycles. The van der Waals surface area contributed by atoms with Crippen LogP contribution in [0.1, 0.15) is 11.1 Å². The van der Waals surface area contributed by atoms with E-state index in [-0.39, 0.29) is 0 Å². The average molecular weight is 500 g/mol. The Bertz CT molecular complexity index is 1060. The van der Waals surface area contributed by atoms with Crippen LogP contribution in [0.3, 0.4) is 0 Å². The molecule has 0 unspecified atom stereocenters. The first-order valence-electron chi connectivity index (χ1n) is 9.30. The van der Waals surface area contributed by atoms with E-state index in [1.54, 1.807) is 0 Å². The molecule has 0 aliphatic carbocycles. The molecule has 0 amide bonds. The quantitative estimate of drug-likeness (QED) is 0.348. The molecule has 4 aromatic rings. The van der Waals surface area contributed by atoms with E-state index in [0.29, 0.717) is 0 Å². The van der Waals surface area contributed by atoms with Crippen LogP contribution < -0.4 is 0 Å². The molecule has 6 heteroatoms. The van der Waals surface area contributed by atoms with Crippen LogP contribution in [0.2, 0.25) is 0 Å². The summed E-state index contributed by atoms with van der Waals surface area (Å²) in [5.74, 6) is 0. The molecule has 0 fully saturated rings. The third kappa shape index (κ3) is 4.48. The molecular weight excluding hydrogens is 478 g/mol. The summed E-state index contributed by atoms with van der Waals surface area (Å²) in [7, 11) is 0. The van der Waals surface area contributed by atoms with E-state index >= 15 is 0 Å². The number of benzene rings is 2. The van der Waals surface area contributed by atoms with Gasteiger partial charge >= 0.3 is 181 Å². The Hall–Kier alpha value is -2.10. The molecule has 0 spiro atoms. The van der Waals surface area contributed by atoms with E-state index in [1.807, 2.05) is 0 Å². The molecule has 28 heavy (non-hydrogen) atoms. The minimum atomic E-state index is 0.879. The van der Waals surface area contributed by atoms with Gasteiger partial charge in [-0.05, 0) is 0 Å². The van der Waals surface area contributed by atoms with Crippen molar-refractivity contribution in [3.8, 4) is 0 Å². The summed E-state index contributed by atoms with van der Waals surface area (Å²) in [6.45, 7) is 3.59. The Balaban J connectivity index is 1.43. The van der Waals surface area contributed by atoms with Crippen LogP contribution in [0, 0.1) is 8.65 Å². The van der Waals surface area contributed by atoms with Gasteiger partial charge < -0.3 is 0 Å². The second-order valence-corrected chi connectivity index (χ2v) is 8.31. The zero-order chi connectivity index (χ0) is 19.3. The van der Waals surface area contributed by atoms with E-state index in [9.17, 15) is 0 Å². The van der Waals surface area contributed by atoms with Crippen molar-refractivity contribution in [2.75, 3.05) is 0 Å². The van der Waals surface area contributed by atoms with Gasteiger partial charge in [-0.3, -0.25) is 0 Å². The maximum absolute atomic E-state index is 3.23. The summed E-state index contributed by atoms with van der Waals surface area (Å²) in [5, 5.41) is 0. The van der Waals surface area contributed by atoms with Crippen LogP contribution in [0.15, 0.2) is 85.5 Å². The fourth-order valence-electron chi connectivity index (χ4n) is 3.26. The molecule has 142 valence electrons. The Kier molecular flexibility index (Phi) is 6.13. The Morgan fingerprint density at radius 3 is 1.25 bits per heavy atom. The number of rotatable bonds is 7. The predicted octanol–water partition coefficient (Wildman–Crippen LogP) is 3.09. The Morgan fingerprint density at radius 1 is 0.500 bits per heavy atom. The fraction of sp³-hybridized carbons (Fsp3) is 0.182. The van der Waals surface area contributed by atoms with Crippen LogP contribution in [0.5, 0.6) is 0 Å². The standard InChI is InChI=1S/C22H22N4Se2/c27-21-23(13-15-25(21)17-19-7-3-1-4-8-19)11-12-24-14-16-26(22(24)28)18-20-9-5-2-6-10-20/h1-10,13-16H,11-12,17-18H2. The molecule has 4 nitrogen and oxygen atoms in total. The Labute approximate surface area is 180 Å². The van der Waals surface area contributed by atoms with Gasteiger partial charge in [-0.15, -0.1) is 0 Å². The monoisotopic (exact) mass is 502 g/mol. The molecule has 0 saturated carbocycles. The maximum atomic E-state index is 3.23. The van der Waals surface area contributed by atoms with Gasteiger partial charge in [0.2, 0.25) is 0 Å².